The van der Waals surface area contributed by atoms with Gasteiger partial charge in [-0.1, -0.05) is 41.4 Å². The molecule has 0 saturated carbocycles. The van der Waals surface area contributed by atoms with Crippen molar-refractivity contribution in [3.05, 3.63) is 82.1 Å². The number of anilines is 1. The number of aryl methyl sites for hydroxylation is 1. The number of carbonyl (C=O) groups excluding carboxylic acids is 1. The van der Waals surface area contributed by atoms with E-state index in [2.05, 4.69) is 10.4 Å². The van der Waals surface area contributed by atoms with Gasteiger partial charge < -0.3 is 5.32 Å². The maximum atomic E-state index is 12.2. The van der Waals surface area contributed by atoms with Gasteiger partial charge in [0.1, 0.15) is 0 Å². The lowest BCUT2D eigenvalue weighted by atomic mass is 10.1. The first-order valence-corrected chi connectivity index (χ1v) is 8.66. The lowest BCUT2D eigenvalue weighted by Gasteiger charge is -2.09. The van der Waals surface area contributed by atoms with Crippen LogP contribution in [0.2, 0.25) is 10.0 Å². The van der Waals surface area contributed by atoms with Gasteiger partial charge in [-0.3, -0.25) is 9.48 Å². The van der Waals surface area contributed by atoms with E-state index in [0.29, 0.717) is 29.4 Å². The standard InChI is InChI=1S/C19H17Cl2N3O/c20-16-7-5-15(18(21)12-16)6-8-19(25)23-17-4-1-3-14(11-17)13-24-10-2-9-22-24/h1-5,7,9-12H,6,8,13H2,(H,23,25). The molecule has 0 aliphatic carbocycles. The van der Waals surface area contributed by atoms with E-state index in [1.54, 1.807) is 18.3 Å². The third-order valence-electron chi connectivity index (χ3n) is 3.75. The van der Waals surface area contributed by atoms with Crippen LogP contribution in [-0.2, 0) is 17.8 Å². The zero-order chi connectivity index (χ0) is 17.6. The third-order valence-corrected chi connectivity index (χ3v) is 4.34. The molecule has 25 heavy (non-hydrogen) atoms. The van der Waals surface area contributed by atoms with Crippen LogP contribution in [0.5, 0.6) is 0 Å². The molecule has 0 saturated heterocycles. The summed E-state index contributed by atoms with van der Waals surface area (Å²) >= 11 is 12.0. The topological polar surface area (TPSA) is 46.9 Å². The summed E-state index contributed by atoms with van der Waals surface area (Å²) in [6.07, 6.45) is 4.56. The molecule has 3 rings (SSSR count). The van der Waals surface area contributed by atoms with Crippen LogP contribution in [0.1, 0.15) is 17.5 Å². The average molecular weight is 374 g/mol. The van der Waals surface area contributed by atoms with Crippen LogP contribution >= 0.6 is 23.2 Å². The first-order valence-electron chi connectivity index (χ1n) is 7.90. The van der Waals surface area contributed by atoms with Crippen LogP contribution < -0.4 is 5.32 Å². The van der Waals surface area contributed by atoms with Gasteiger partial charge in [-0.15, -0.1) is 0 Å². The highest BCUT2D eigenvalue weighted by Crippen LogP contribution is 2.22. The Hall–Kier alpha value is -2.30. The van der Waals surface area contributed by atoms with E-state index in [4.69, 9.17) is 23.2 Å². The molecule has 0 atom stereocenters. The molecule has 1 amide bonds. The average Bonchev–Trinajstić information content (AvgIpc) is 3.07. The second-order valence-electron chi connectivity index (χ2n) is 5.69. The summed E-state index contributed by atoms with van der Waals surface area (Å²) in [6.45, 7) is 0.664. The molecular weight excluding hydrogens is 357 g/mol. The quantitative estimate of drug-likeness (QED) is 0.673. The van der Waals surface area contributed by atoms with Gasteiger partial charge in [-0.25, -0.2) is 0 Å². The van der Waals surface area contributed by atoms with Crippen molar-refractivity contribution in [3.63, 3.8) is 0 Å². The predicted octanol–water partition coefficient (Wildman–Crippen LogP) is 4.81. The summed E-state index contributed by atoms with van der Waals surface area (Å²) in [5.74, 6) is -0.0535. The monoisotopic (exact) mass is 373 g/mol. The van der Waals surface area contributed by atoms with Gasteiger partial charge in [0, 0.05) is 34.5 Å². The molecule has 0 spiro atoms. The van der Waals surface area contributed by atoms with Crippen molar-refractivity contribution in [1.82, 2.24) is 9.78 Å². The van der Waals surface area contributed by atoms with E-state index in [0.717, 1.165) is 16.8 Å². The van der Waals surface area contributed by atoms with Crippen molar-refractivity contribution < 1.29 is 4.79 Å². The fraction of sp³-hybridized carbons (Fsp3) is 0.158. The van der Waals surface area contributed by atoms with Gasteiger partial charge in [0.2, 0.25) is 5.91 Å². The van der Waals surface area contributed by atoms with Gasteiger partial charge in [0.05, 0.1) is 6.54 Å². The minimum absolute atomic E-state index is 0.0535. The van der Waals surface area contributed by atoms with Crippen LogP contribution in [-0.4, -0.2) is 15.7 Å². The highest BCUT2D eigenvalue weighted by molar-refractivity contribution is 6.35. The molecular formula is C19H17Cl2N3O. The highest BCUT2D eigenvalue weighted by Gasteiger charge is 2.07. The van der Waals surface area contributed by atoms with Gasteiger partial charge in [0.25, 0.3) is 0 Å². The summed E-state index contributed by atoms with van der Waals surface area (Å²) in [6, 6.07) is 15.0. The summed E-state index contributed by atoms with van der Waals surface area (Å²) in [7, 11) is 0. The maximum absolute atomic E-state index is 12.2. The second-order valence-corrected chi connectivity index (χ2v) is 6.53. The van der Waals surface area contributed by atoms with Crippen molar-refractivity contribution in [2.45, 2.75) is 19.4 Å². The smallest absolute Gasteiger partial charge is 0.224 e. The minimum Gasteiger partial charge on any atom is -0.326 e. The van der Waals surface area contributed by atoms with Crippen molar-refractivity contribution >= 4 is 34.8 Å². The fourth-order valence-corrected chi connectivity index (χ4v) is 3.03. The zero-order valence-electron chi connectivity index (χ0n) is 13.5. The molecule has 0 bridgehead atoms. The molecule has 3 aromatic rings. The Balaban J connectivity index is 1.57. The molecule has 0 fully saturated rings. The number of nitrogens with zero attached hydrogens (tertiary/aromatic N) is 2. The molecule has 0 aliphatic heterocycles. The van der Waals surface area contributed by atoms with E-state index in [1.807, 2.05) is 47.3 Å². The van der Waals surface area contributed by atoms with Crippen molar-refractivity contribution in [1.29, 1.82) is 0 Å². The second kappa shape index (κ2) is 8.19. The van der Waals surface area contributed by atoms with E-state index in [9.17, 15) is 4.79 Å². The van der Waals surface area contributed by atoms with Gasteiger partial charge >= 0.3 is 0 Å². The Kier molecular flexibility index (Phi) is 5.74. The molecule has 0 radical (unpaired) electrons. The summed E-state index contributed by atoms with van der Waals surface area (Å²) in [5.41, 5.74) is 2.76. The largest absolute Gasteiger partial charge is 0.326 e. The normalized spacial score (nSPS) is 10.6. The number of hydrogen-bond donors (Lipinski definition) is 1. The molecule has 6 heteroatoms. The number of rotatable bonds is 6. The molecule has 0 aliphatic rings. The Bertz CT molecular complexity index is 863. The number of benzene rings is 2. The Morgan fingerprint density at radius 1 is 1.12 bits per heavy atom. The number of nitrogens with one attached hydrogen (secondary N) is 1. The molecule has 128 valence electrons. The summed E-state index contributed by atoms with van der Waals surface area (Å²) in [4.78, 5) is 12.2. The van der Waals surface area contributed by atoms with E-state index >= 15 is 0 Å². The fourth-order valence-electron chi connectivity index (χ4n) is 2.52. The van der Waals surface area contributed by atoms with E-state index < -0.39 is 0 Å². The maximum Gasteiger partial charge on any atom is 0.224 e. The Labute approximate surface area is 156 Å². The molecule has 1 aromatic heterocycles. The lowest BCUT2D eigenvalue weighted by Crippen LogP contribution is -2.12. The number of hydrogen-bond acceptors (Lipinski definition) is 2. The molecule has 2 aromatic carbocycles. The Morgan fingerprint density at radius 3 is 2.76 bits per heavy atom. The van der Waals surface area contributed by atoms with Crippen molar-refractivity contribution in [2.24, 2.45) is 0 Å². The van der Waals surface area contributed by atoms with Crippen molar-refractivity contribution in [3.8, 4) is 0 Å². The molecule has 1 N–H and O–H groups in total. The highest BCUT2D eigenvalue weighted by atomic mass is 35.5. The number of amides is 1. The van der Waals surface area contributed by atoms with Crippen LogP contribution in [0.15, 0.2) is 60.9 Å². The molecule has 0 unspecified atom stereocenters. The van der Waals surface area contributed by atoms with Gasteiger partial charge in [-0.05, 0) is 47.9 Å². The predicted molar refractivity (Wildman–Crippen MR) is 101 cm³/mol. The Morgan fingerprint density at radius 2 is 2.00 bits per heavy atom. The third kappa shape index (κ3) is 5.08. The molecule has 1 heterocycles. The van der Waals surface area contributed by atoms with Gasteiger partial charge in [0.15, 0.2) is 0 Å². The van der Waals surface area contributed by atoms with Crippen LogP contribution in [0.25, 0.3) is 0 Å². The number of halogens is 2. The van der Waals surface area contributed by atoms with E-state index in [1.165, 1.54) is 0 Å². The van der Waals surface area contributed by atoms with Crippen LogP contribution in [0, 0.1) is 0 Å². The zero-order valence-corrected chi connectivity index (χ0v) is 15.0. The first kappa shape index (κ1) is 17.5. The lowest BCUT2D eigenvalue weighted by molar-refractivity contribution is -0.116. The molecule has 4 nitrogen and oxygen atoms in total. The first-order chi connectivity index (χ1) is 12.1. The number of carbonyl (C=O) groups is 1. The summed E-state index contributed by atoms with van der Waals surface area (Å²) in [5, 5.41) is 8.29. The van der Waals surface area contributed by atoms with Gasteiger partial charge in [-0.2, -0.15) is 5.10 Å². The summed E-state index contributed by atoms with van der Waals surface area (Å²) < 4.78 is 1.84. The van der Waals surface area contributed by atoms with E-state index in [-0.39, 0.29) is 5.91 Å². The van der Waals surface area contributed by atoms with Crippen LogP contribution in [0.4, 0.5) is 5.69 Å². The number of aromatic nitrogens is 2. The minimum atomic E-state index is -0.0535. The van der Waals surface area contributed by atoms with Crippen molar-refractivity contribution in [2.75, 3.05) is 5.32 Å². The van der Waals surface area contributed by atoms with Crippen LogP contribution in [0.3, 0.4) is 0 Å². The SMILES string of the molecule is O=C(CCc1ccc(Cl)cc1Cl)Nc1cccc(Cn2cccn2)c1.